The zero-order valence-corrected chi connectivity index (χ0v) is 29.5. The van der Waals surface area contributed by atoms with Crippen LogP contribution in [0.1, 0.15) is 6.92 Å². The number of allylic oxidation sites excluding steroid dienone is 2. The predicted molar refractivity (Wildman–Crippen MR) is 170 cm³/mol. The Balaban J connectivity index is 0.000000352. The number of alkyl halides is 3. The molecule has 5 unspecified atom stereocenters. The molecule has 0 aromatic heterocycles. The highest BCUT2D eigenvalue weighted by molar-refractivity contribution is 5.62. The smallest absolute Gasteiger partial charge is 0.428 e. The summed E-state index contributed by atoms with van der Waals surface area (Å²) in [5, 5.41) is 0. The molecule has 0 radical (unpaired) electrons. The number of rotatable bonds is 14. The molecule has 0 spiro atoms. The molecule has 5 rings (SSSR count). The molecule has 20 nitrogen and oxygen atoms in total. The molecule has 5 aliphatic heterocycles. The molecular weight excluding hydrogens is 780 g/mol. The first kappa shape index (κ1) is 48.4. The van der Waals surface area contributed by atoms with Crippen molar-refractivity contribution >= 4 is 30.8 Å². The molecule has 0 N–H and O–H groups in total. The zero-order valence-electron chi connectivity index (χ0n) is 29.5. The van der Waals surface area contributed by atoms with Gasteiger partial charge in [-0.1, -0.05) is 36.8 Å². The van der Waals surface area contributed by atoms with Gasteiger partial charge in [-0.25, -0.2) is 28.4 Å². The van der Waals surface area contributed by atoms with Gasteiger partial charge >= 0.3 is 37.0 Å². The fraction of sp³-hybridized carbons (Fsp3) is 0.531. The van der Waals surface area contributed by atoms with Gasteiger partial charge in [-0.3, -0.25) is 0 Å². The molecule has 5 saturated heterocycles. The second-order valence-electron chi connectivity index (χ2n) is 9.69. The standard InChI is InChI=1S/C7H7F3O4.C7H10O4.C6H7FO4.C6H8O4.C6H6O4/c8-7(9,10)2-1-3-12-5-4-13-6(11)14-5;1-2-3-4-9-6-5-10-7(8)11-6;1-4(7)2-9-5-3-10-6(8)11-5;2*1-2-3-8-5-4-9-6(7)10-5/h1-2,5H,3-4H2;2-3,6H,4-5H2,1H3;5H,1-3H2;2,5H,1,3-4H2;1,5H,3-4H2. The number of ether oxygens (including phenoxy) is 15. The highest BCUT2D eigenvalue weighted by atomic mass is 19.4. The summed E-state index contributed by atoms with van der Waals surface area (Å²) in [6, 6.07) is 0. The molecule has 5 heterocycles. The summed E-state index contributed by atoms with van der Waals surface area (Å²) in [5.41, 5.74) is 0. The van der Waals surface area contributed by atoms with Crippen LogP contribution < -0.4 is 0 Å². The predicted octanol–water partition coefficient (Wildman–Crippen LogP) is 4.48. The number of terminal acetylenes is 1. The van der Waals surface area contributed by atoms with Gasteiger partial charge in [0, 0.05) is 6.08 Å². The average Bonchev–Trinajstić information content (AvgIpc) is 4.00. The first-order valence-corrected chi connectivity index (χ1v) is 15.6. The lowest BCUT2D eigenvalue weighted by Crippen LogP contribution is -2.15. The average molecular weight is 819 g/mol. The van der Waals surface area contributed by atoms with Crippen molar-refractivity contribution < 1.29 is 113 Å². The number of hydrogen-bond donors (Lipinski definition) is 0. The monoisotopic (exact) mass is 818 g/mol. The second kappa shape index (κ2) is 27.9. The molecule has 0 aliphatic carbocycles. The third-order valence-corrected chi connectivity index (χ3v) is 5.30. The maximum Gasteiger partial charge on any atom is 0.510 e. The van der Waals surface area contributed by atoms with Crippen LogP contribution in [0.15, 0.2) is 49.4 Å². The van der Waals surface area contributed by atoms with E-state index in [9.17, 15) is 41.5 Å². The highest BCUT2D eigenvalue weighted by Gasteiger charge is 2.28. The quantitative estimate of drug-likeness (QED) is 0.0775. The minimum atomic E-state index is -4.35. The molecule has 24 heteroatoms. The largest absolute Gasteiger partial charge is 0.510 e. The van der Waals surface area contributed by atoms with Crippen molar-refractivity contribution in [3.8, 4) is 12.3 Å². The van der Waals surface area contributed by atoms with Crippen LogP contribution in [0.25, 0.3) is 0 Å². The zero-order chi connectivity index (χ0) is 41.8. The molecule has 0 aromatic rings. The molecule has 0 amide bonds. The minimum absolute atomic E-state index is 0.00606. The molecule has 56 heavy (non-hydrogen) atoms. The summed E-state index contributed by atoms with van der Waals surface area (Å²) in [5.74, 6) is 1.62. The summed E-state index contributed by atoms with van der Waals surface area (Å²) < 4.78 is 115. The number of halogens is 4. The summed E-state index contributed by atoms with van der Waals surface area (Å²) in [4.78, 5) is 51.4. The van der Waals surface area contributed by atoms with E-state index in [-0.39, 0.29) is 58.9 Å². The first-order chi connectivity index (χ1) is 26.6. The van der Waals surface area contributed by atoms with Crippen LogP contribution >= 0.6 is 0 Å². The molecule has 5 atom stereocenters. The van der Waals surface area contributed by atoms with E-state index in [1.54, 1.807) is 6.08 Å². The molecule has 314 valence electrons. The minimum Gasteiger partial charge on any atom is -0.428 e. The van der Waals surface area contributed by atoms with Crippen LogP contribution in [0, 0.1) is 12.3 Å². The van der Waals surface area contributed by atoms with E-state index in [4.69, 9.17) is 30.1 Å². The molecule has 0 bridgehead atoms. The van der Waals surface area contributed by atoms with Crippen LogP contribution in [-0.2, 0) is 71.1 Å². The van der Waals surface area contributed by atoms with Crippen molar-refractivity contribution in [2.75, 3.05) is 66.1 Å². The van der Waals surface area contributed by atoms with Gasteiger partial charge in [-0.15, -0.1) is 13.0 Å². The third kappa shape index (κ3) is 25.4. The van der Waals surface area contributed by atoms with Crippen LogP contribution in [0.3, 0.4) is 0 Å². The van der Waals surface area contributed by atoms with Gasteiger partial charge in [-0.05, 0) is 6.92 Å². The van der Waals surface area contributed by atoms with E-state index in [2.05, 4.69) is 66.4 Å². The van der Waals surface area contributed by atoms with Crippen LogP contribution in [0.5, 0.6) is 0 Å². The lowest BCUT2D eigenvalue weighted by molar-refractivity contribution is -0.0839. The Morgan fingerprint density at radius 3 is 1.34 bits per heavy atom. The van der Waals surface area contributed by atoms with E-state index in [0.717, 1.165) is 6.08 Å². The number of carbonyl (C=O) groups is 5. The first-order valence-electron chi connectivity index (χ1n) is 15.6. The molecular formula is C32H38F4O20. The third-order valence-electron chi connectivity index (χ3n) is 5.30. The lowest BCUT2D eigenvalue weighted by atomic mass is 10.5. The maximum atomic E-state index is 12.0. The highest BCUT2D eigenvalue weighted by Crippen LogP contribution is 2.16. The van der Waals surface area contributed by atoms with Crippen molar-refractivity contribution in [2.45, 2.75) is 44.6 Å². The summed E-state index contributed by atoms with van der Waals surface area (Å²) in [6.07, 6.45) is -0.501. The Kier molecular flexibility index (Phi) is 24.1. The Morgan fingerprint density at radius 2 is 1.04 bits per heavy atom. The maximum absolute atomic E-state index is 12.0. The SMILES string of the molecule is C#CCOC1COC(=O)O1.C=C(F)COC1COC(=O)O1.C=CCOC1COC(=O)O1.CC=CCOC1COC(=O)O1.O=C1OCC(OCC=CC(F)(F)F)O1. The second-order valence-corrected chi connectivity index (χ2v) is 9.69. The van der Waals surface area contributed by atoms with Crippen molar-refractivity contribution in [1.82, 2.24) is 0 Å². The van der Waals surface area contributed by atoms with Crippen molar-refractivity contribution in [2.24, 2.45) is 0 Å². The van der Waals surface area contributed by atoms with E-state index >= 15 is 0 Å². The summed E-state index contributed by atoms with van der Waals surface area (Å²) in [6.45, 7) is 9.05. The van der Waals surface area contributed by atoms with E-state index in [0.29, 0.717) is 13.2 Å². The van der Waals surface area contributed by atoms with Crippen LogP contribution in [-0.4, -0.2) is 134 Å². The van der Waals surface area contributed by atoms with Gasteiger partial charge in [0.05, 0.1) is 19.8 Å². The van der Waals surface area contributed by atoms with Crippen LogP contribution in [0.4, 0.5) is 41.5 Å². The van der Waals surface area contributed by atoms with Crippen molar-refractivity contribution in [3.05, 3.63) is 49.4 Å². The number of hydrogen-bond acceptors (Lipinski definition) is 20. The van der Waals surface area contributed by atoms with E-state index in [1.807, 2.05) is 19.1 Å². The molecule has 5 fully saturated rings. The van der Waals surface area contributed by atoms with E-state index in [1.165, 1.54) is 0 Å². The topological polar surface area (TPSA) is 224 Å². The van der Waals surface area contributed by atoms with Gasteiger partial charge < -0.3 is 71.1 Å². The molecule has 5 aliphatic rings. The van der Waals surface area contributed by atoms with Gasteiger partial charge in [0.1, 0.15) is 19.0 Å². The van der Waals surface area contributed by atoms with E-state index < -0.39 is 74.2 Å². The summed E-state index contributed by atoms with van der Waals surface area (Å²) >= 11 is 0. The van der Waals surface area contributed by atoms with Gasteiger partial charge in [0.15, 0.2) is 33.0 Å². The molecule has 0 aromatic carbocycles. The normalized spacial score (nSPS) is 23.1. The fourth-order valence-corrected chi connectivity index (χ4v) is 3.07. The van der Waals surface area contributed by atoms with Crippen molar-refractivity contribution in [1.29, 1.82) is 0 Å². The van der Waals surface area contributed by atoms with Crippen LogP contribution in [0.2, 0.25) is 0 Å². The molecule has 0 saturated carbocycles. The number of cyclic esters (lactones) is 10. The van der Waals surface area contributed by atoms with Gasteiger partial charge in [0.25, 0.3) is 0 Å². The lowest BCUT2D eigenvalue weighted by Gasteiger charge is -2.05. The van der Waals surface area contributed by atoms with Crippen molar-refractivity contribution in [3.63, 3.8) is 0 Å². The Labute approximate surface area is 315 Å². The Hall–Kier alpha value is -5.61. The van der Waals surface area contributed by atoms with Gasteiger partial charge in [0.2, 0.25) is 31.5 Å². The Morgan fingerprint density at radius 1 is 0.679 bits per heavy atom. The fourth-order valence-electron chi connectivity index (χ4n) is 3.07. The van der Waals surface area contributed by atoms with Gasteiger partial charge in [-0.2, -0.15) is 13.2 Å². The summed E-state index contributed by atoms with van der Waals surface area (Å²) in [7, 11) is 0. The Bertz CT molecular complexity index is 1360. The number of carbonyl (C=O) groups excluding carboxylic acids is 5.